The maximum Gasteiger partial charge on any atom is 0.414 e. The van der Waals surface area contributed by atoms with Crippen LogP contribution >= 0.6 is 15.9 Å². The lowest BCUT2D eigenvalue weighted by atomic mass is 9.97. The summed E-state index contributed by atoms with van der Waals surface area (Å²) in [6, 6.07) is 7.87. The van der Waals surface area contributed by atoms with Crippen molar-refractivity contribution in [2.75, 3.05) is 18.0 Å². The zero-order chi connectivity index (χ0) is 15.7. The van der Waals surface area contributed by atoms with Gasteiger partial charge in [-0.25, -0.2) is 4.79 Å². The normalized spacial score (nSPS) is 21.7. The molecule has 1 aliphatic carbocycles. The van der Waals surface area contributed by atoms with Gasteiger partial charge >= 0.3 is 6.09 Å². The van der Waals surface area contributed by atoms with Crippen LogP contribution in [0.2, 0.25) is 0 Å². The highest BCUT2D eigenvalue weighted by atomic mass is 79.9. The minimum atomic E-state index is -0.459. The van der Waals surface area contributed by atoms with Gasteiger partial charge in [0.2, 0.25) is 0 Å². The molecule has 1 aromatic carbocycles. The van der Waals surface area contributed by atoms with Crippen LogP contribution < -0.4 is 4.90 Å². The summed E-state index contributed by atoms with van der Waals surface area (Å²) >= 11 is 3.49. The first kappa shape index (κ1) is 14.7. The number of azide groups is 1. The number of cyclic esters (lactones) is 1. The molecule has 1 saturated heterocycles. The molecule has 1 saturated carbocycles. The first-order chi connectivity index (χ1) is 10.6. The number of rotatable bonds is 4. The molecule has 8 heteroatoms. The highest BCUT2D eigenvalue weighted by Gasteiger charge is 2.46. The number of amides is 1. The third kappa shape index (κ3) is 2.49. The molecular weight excluding hydrogens is 350 g/mol. The zero-order valence-electron chi connectivity index (χ0n) is 11.6. The largest absolute Gasteiger partial charge is 0.444 e. The highest BCUT2D eigenvalue weighted by molar-refractivity contribution is 9.10. The smallest absolute Gasteiger partial charge is 0.414 e. The molecule has 1 aliphatic heterocycles. The predicted molar refractivity (Wildman–Crippen MR) is 82.3 cm³/mol. The standard InChI is InChI=1S/C14H12BrN5O2/c15-12-5-9(1-2-11(12)14(8-16)3-4-14)20-7-10(6-18-19-17)22-13(20)21/h1-2,5,10H,3-4,6-7H2/t10-/m0/s1. The Morgan fingerprint density at radius 1 is 1.59 bits per heavy atom. The molecule has 0 aromatic heterocycles. The Kier molecular flexibility index (Phi) is 3.69. The molecule has 2 aliphatic rings. The number of anilines is 1. The fraction of sp³-hybridized carbons (Fsp3) is 0.429. The molecule has 7 nitrogen and oxygen atoms in total. The number of hydrogen-bond donors (Lipinski definition) is 0. The van der Waals surface area contributed by atoms with Gasteiger partial charge in [0.25, 0.3) is 0 Å². The summed E-state index contributed by atoms with van der Waals surface area (Å²) in [6.07, 6.45) is 0.832. The summed E-state index contributed by atoms with van der Waals surface area (Å²) in [4.78, 5) is 16.1. The van der Waals surface area contributed by atoms with Crippen molar-refractivity contribution in [1.82, 2.24) is 0 Å². The van der Waals surface area contributed by atoms with Gasteiger partial charge in [0.1, 0.15) is 6.10 Å². The van der Waals surface area contributed by atoms with Gasteiger partial charge in [0.05, 0.1) is 24.6 Å². The second-order valence-electron chi connectivity index (χ2n) is 5.39. The van der Waals surface area contributed by atoms with E-state index in [4.69, 9.17) is 10.3 Å². The summed E-state index contributed by atoms with van der Waals surface area (Å²) in [5.41, 5.74) is 9.59. The minimum Gasteiger partial charge on any atom is -0.444 e. The number of nitriles is 1. The number of carbonyl (C=O) groups is 1. The second-order valence-corrected chi connectivity index (χ2v) is 6.24. The van der Waals surface area contributed by atoms with E-state index in [-0.39, 0.29) is 12.0 Å². The van der Waals surface area contributed by atoms with Crippen LogP contribution in [0.1, 0.15) is 18.4 Å². The lowest BCUT2D eigenvalue weighted by Gasteiger charge is -2.16. The van der Waals surface area contributed by atoms with Crippen molar-refractivity contribution in [3.05, 3.63) is 38.7 Å². The van der Waals surface area contributed by atoms with Crippen molar-refractivity contribution in [1.29, 1.82) is 5.26 Å². The van der Waals surface area contributed by atoms with Gasteiger partial charge in [-0.2, -0.15) is 5.26 Å². The van der Waals surface area contributed by atoms with Crippen LogP contribution in [0.15, 0.2) is 27.8 Å². The molecule has 1 amide bonds. The molecule has 0 spiro atoms. The predicted octanol–water partition coefficient (Wildman–Crippen LogP) is 3.64. The van der Waals surface area contributed by atoms with Crippen LogP contribution in [0.25, 0.3) is 10.4 Å². The van der Waals surface area contributed by atoms with Crippen molar-refractivity contribution in [3.8, 4) is 6.07 Å². The van der Waals surface area contributed by atoms with E-state index < -0.39 is 12.2 Å². The molecule has 1 atom stereocenters. The number of nitrogens with zero attached hydrogens (tertiary/aromatic N) is 5. The van der Waals surface area contributed by atoms with Crippen LogP contribution in [-0.2, 0) is 10.2 Å². The Labute approximate surface area is 135 Å². The Balaban J connectivity index is 1.81. The first-order valence-electron chi connectivity index (χ1n) is 6.80. The summed E-state index contributed by atoms with van der Waals surface area (Å²) in [7, 11) is 0. The monoisotopic (exact) mass is 361 g/mol. The van der Waals surface area contributed by atoms with E-state index in [2.05, 4.69) is 32.0 Å². The molecule has 0 N–H and O–H groups in total. The average Bonchev–Trinajstić information content (AvgIpc) is 3.22. The van der Waals surface area contributed by atoms with Gasteiger partial charge in [-0.05, 0) is 36.1 Å². The van der Waals surface area contributed by atoms with Crippen LogP contribution in [0.3, 0.4) is 0 Å². The van der Waals surface area contributed by atoms with Crippen molar-refractivity contribution in [2.45, 2.75) is 24.4 Å². The van der Waals surface area contributed by atoms with E-state index in [0.29, 0.717) is 12.2 Å². The summed E-state index contributed by atoms with van der Waals surface area (Å²) < 4.78 is 5.97. The molecule has 3 rings (SSSR count). The maximum atomic E-state index is 11.9. The average molecular weight is 362 g/mol. The number of halogens is 1. The third-order valence-corrected chi connectivity index (χ3v) is 4.62. The Bertz CT molecular complexity index is 718. The van der Waals surface area contributed by atoms with E-state index in [9.17, 15) is 10.1 Å². The fourth-order valence-corrected chi connectivity index (χ4v) is 3.33. The first-order valence-corrected chi connectivity index (χ1v) is 7.59. The van der Waals surface area contributed by atoms with E-state index in [0.717, 1.165) is 22.9 Å². The SMILES string of the molecule is N#CC1(c2ccc(N3C[C@H](CN=[N+]=[N-])OC3=O)cc2Br)CC1. The van der Waals surface area contributed by atoms with Crippen LogP contribution in [0.5, 0.6) is 0 Å². The Morgan fingerprint density at radius 3 is 2.95 bits per heavy atom. The van der Waals surface area contributed by atoms with Gasteiger partial charge in [-0.15, -0.1) is 0 Å². The lowest BCUT2D eigenvalue weighted by molar-refractivity contribution is 0.145. The van der Waals surface area contributed by atoms with Crippen molar-refractivity contribution < 1.29 is 9.53 Å². The maximum absolute atomic E-state index is 11.9. The van der Waals surface area contributed by atoms with Gasteiger partial charge < -0.3 is 4.74 Å². The van der Waals surface area contributed by atoms with E-state index >= 15 is 0 Å². The second kappa shape index (κ2) is 5.52. The molecule has 112 valence electrons. The lowest BCUT2D eigenvalue weighted by Crippen LogP contribution is -2.25. The number of ether oxygens (including phenoxy) is 1. The number of benzene rings is 1. The molecule has 22 heavy (non-hydrogen) atoms. The van der Waals surface area contributed by atoms with E-state index in [1.807, 2.05) is 18.2 Å². The molecule has 1 heterocycles. The van der Waals surface area contributed by atoms with Gasteiger partial charge in [0, 0.05) is 15.1 Å². The third-order valence-electron chi connectivity index (χ3n) is 3.97. The number of hydrogen-bond acceptors (Lipinski definition) is 4. The van der Waals surface area contributed by atoms with E-state index in [1.54, 1.807) is 0 Å². The van der Waals surface area contributed by atoms with Crippen molar-refractivity contribution in [2.24, 2.45) is 5.11 Å². The zero-order valence-corrected chi connectivity index (χ0v) is 13.2. The summed E-state index contributed by atoms with van der Waals surface area (Å²) in [5.74, 6) is 0. The summed E-state index contributed by atoms with van der Waals surface area (Å²) in [5, 5.41) is 12.7. The number of carbonyl (C=O) groups excluding carboxylic acids is 1. The molecule has 0 unspecified atom stereocenters. The minimum absolute atomic E-state index is 0.121. The van der Waals surface area contributed by atoms with Crippen LogP contribution in [0, 0.1) is 11.3 Å². The van der Waals surface area contributed by atoms with Crippen molar-refractivity contribution >= 4 is 27.7 Å². The van der Waals surface area contributed by atoms with E-state index in [1.165, 1.54) is 4.90 Å². The Morgan fingerprint density at radius 2 is 2.36 bits per heavy atom. The molecular formula is C14H12BrN5O2. The fourth-order valence-electron chi connectivity index (χ4n) is 2.58. The van der Waals surface area contributed by atoms with Crippen LogP contribution in [-0.4, -0.2) is 25.3 Å². The summed E-state index contributed by atoms with van der Waals surface area (Å²) in [6.45, 7) is 0.461. The Hall–Kier alpha value is -2.23. The molecule has 1 aromatic rings. The highest BCUT2D eigenvalue weighted by Crippen LogP contribution is 2.50. The topological polar surface area (TPSA) is 102 Å². The molecule has 0 radical (unpaired) electrons. The van der Waals surface area contributed by atoms with Crippen molar-refractivity contribution in [3.63, 3.8) is 0 Å². The molecule has 0 bridgehead atoms. The van der Waals surface area contributed by atoms with Crippen LogP contribution in [0.4, 0.5) is 10.5 Å². The molecule has 2 fully saturated rings. The van der Waals surface area contributed by atoms with Gasteiger partial charge in [-0.1, -0.05) is 27.1 Å². The van der Waals surface area contributed by atoms with Gasteiger partial charge in [-0.3, -0.25) is 4.90 Å². The van der Waals surface area contributed by atoms with Gasteiger partial charge in [0.15, 0.2) is 0 Å². The quantitative estimate of drug-likeness (QED) is 0.464.